The Hall–Kier alpha value is -9.69. The molecule has 2 aliphatic rings. The first-order chi connectivity index (χ1) is 59.9. The summed E-state index contributed by atoms with van der Waals surface area (Å²) in [4.78, 5) is 117. The second-order valence-electron chi connectivity index (χ2n) is 31.7. The van der Waals surface area contributed by atoms with E-state index in [4.69, 9.17) is 64.6 Å². The zero-order chi connectivity index (χ0) is 93.8. The molecule has 2 aliphatic heterocycles. The van der Waals surface area contributed by atoms with Gasteiger partial charge in [-0.25, -0.2) is 24.0 Å². The molecule has 2 atom stereocenters. The van der Waals surface area contributed by atoms with Crippen LogP contribution in [0.2, 0.25) is 13.3 Å². The van der Waals surface area contributed by atoms with Gasteiger partial charge in [0.25, 0.3) is 0 Å². The van der Waals surface area contributed by atoms with Crippen LogP contribution in [0.25, 0.3) is 18.2 Å². The topological polar surface area (TPSA) is 393 Å². The zero-order valence-electron chi connectivity index (χ0n) is 76.7. The van der Waals surface area contributed by atoms with E-state index in [0.29, 0.717) is 46.9 Å². The van der Waals surface area contributed by atoms with Crippen molar-refractivity contribution in [1.29, 1.82) is 0 Å². The molecule has 0 bridgehead atoms. The fraction of sp³-hybridized carbons (Fsp3) is 0.520. The number of carbonyl (C=O) groups is 10. The number of unbranched alkanes of at least 4 members (excludes halogenated alkanes) is 3. The van der Waals surface area contributed by atoms with E-state index in [2.05, 4.69) is 102 Å². The summed E-state index contributed by atoms with van der Waals surface area (Å²) < 4.78 is 59.6. The third-order valence-electron chi connectivity index (χ3n) is 17.3. The maximum atomic E-state index is 12.3. The molecule has 0 aliphatic carbocycles. The van der Waals surface area contributed by atoms with E-state index in [9.17, 15) is 47.9 Å². The maximum absolute atomic E-state index is 12.3. The van der Waals surface area contributed by atoms with E-state index in [-0.39, 0.29) is 150 Å². The normalized spacial score (nSPS) is 13.5. The number of rotatable bonds is 39. The molecule has 0 aromatic heterocycles. The van der Waals surface area contributed by atoms with Crippen LogP contribution in [0.3, 0.4) is 0 Å². The van der Waals surface area contributed by atoms with Gasteiger partial charge in [-0.05, 0) is 228 Å². The minimum Gasteiger partial charge on any atom is -0.462 e. The van der Waals surface area contributed by atoms with Gasteiger partial charge < -0.3 is 80.1 Å². The van der Waals surface area contributed by atoms with Gasteiger partial charge in [0, 0.05) is 35.8 Å². The number of benzene rings is 4. The van der Waals surface area contributed by atoms with Crippen LogP contribution in [0, 0.1) is 12.3 Å². The average Bonchev–Trinajstić information content (AvgIpc) is 0.851. The van der Waals surface area contributed by atoms with Crippen LogP contribution in [0.15, 0.2) is 147 Å². The Labute approximate surface area is 807 Å². The summed E-state index contributed by atoms with van der Waals surface area (Å²) in [6.45, 7) is 30.1. The number of esters is 3. The number of hydrogen-bond acceptors (Lipinski definition) is 22. The number of carbonyl (C=O) groups excluding carboxylic acids is 10. The van der Waals surface area contributed by atoms with Crippen molar-refractivity contribution in [3.05, 3.63) is 169 Å². The molecule has 4 aromatic rings. The fourth-order valence-electron chi connectivity index (χ4n) is 11.2. The number of hydrogen-bond donors (Lipinski definition) is 9. The van der Waals surface area contributed by atoms with E-state index in [1.807, 2.05) is 12.1 Å². The SMILES string of the molecule is C.C.C.C.C.C#Cc1ccc(NC(=O)CNC(=O)OC(C)(C)C)cc1.CCC[CH2][Sn](/[CH]=C/c1ccc(NC(=O)CNC(=O)OC(C)(C)C)cc1)([CH2]CCC)[CH2]CCC.CCOC(=O)/C(Br)=C/COC1CCCCO1.CCOC(=O)C(/C=C/c1ccc(NC(=O)CN)cc1)=C/CO.CCOC(=O)C(/C=C/c1ccc(NC(=O)CNC(=O)OC(C)(C)C)cc1)=C/COC1CCCCO1.Cl. The summed E-state index contributed by atoms with van der Waals surface area (Å²) in [6, 6.07) is 28.9. The fourth-order valence-corrected chi connectivity index (χ4v) is 25.6. The van der Waals surface area contributed by atoms with Crippen LogP contribution in [-0.4, -0.2) is 192 Å². The van der Waals surface area contributed by atoms with Crippen molar-refractivity contribution in [2.75, 3.05) is 100 Å². The number of nitrogens with two attached hydrogens (primary N) is 1. The van der Waals surface area contributed by atoms with Crippen molar-refractivity contribution < 1.29 is 100 Å². The Bertz CT molecular complexity index is 4160. The number of aliphatic hydroxyl groups excluding tert-OH is 1. The molecule has 32 heteroatoms. The maximum Gasteiger partial charge on any atom is 0.408 e. The van der Waals surface area contributed by atoms with Gasteiger partial charge in [-0.3, -0.25) is 14.4 Å². The molecule has 6 rings (SSSR count). The number of aliphatic hydroxyl groups is 1. The second-order valence-corrected chi connectivity index (χ2v) is 45.6. The minimum absolute atomic E-state index is 0. The average molecular weight is 2040 g/mol. The van der Waals surface area contributed by atoms with Crippen molar-refractivity contribution in [2.45, 2.75) is 261 Å². The van der Waals surface area contributed by atoms with Gasteiger partial charge in [-0.15, -0.1) is 18.8 Å². The summed E-state index contributed by atoms with van der Waals surface area (Å²) >= 11 is 0.841. The van der Waals surface area contributed by atoms with Crippen molar-refractivity contribution in [1.82, 2.24) is 16.0 Å². The molecule has 29 nitrogen and oxygen atoms in total. The summed E-state index contributed by atoms with van der Waals surface area (Å²) in [5.41, 5.74) is 10.2. The molecule has 2 saturated heterocycles. The van der Waals surface area contributed by atoms with Gasteiger partial charge in [0.05, 0.1) is 57.3 Å². The summed E-state index contributed by atoms with van der Waals surface area (Å²) in [5.74, 6) is -0.0694. The van der Waals surface area contributed by atoms with Gasteiger partial charge in [-0.2, -0.15) is 0 Å². The Kier molecular flexibility index (Phi) is 74.0. The number of alkyl carbamates (subject to hydrolysis) is 3. The number of nitrogens with one attached hydrogen (secondary N) is 7. The van der Waals surface area contributed by atoms with Crippen molar-refractivity contribution >= 4 is 148 Å². The molecule has 10 N–H and O–H groups in total. The van der Waals surface area contributed by atoms with Crippen molar-refractivity contribution in [2.24, 2.45) is 5.73 Å². The number of anilines is 4. The summed E-state index contributed by atoms with van der Waals surface area (Å²) in [6.07, 6.45) is 30.8. The van der Waals surface area contributed by atoms with E-state index in [1.165, 1.54) is 63.5 Å². The smallest absolute Gasteiger partial charge is 0.408 e. The molecular formula is C100H158BrClN8O21Sn. The quantitative estimate of drug-likeness (QED) is 0.00500. The van der Waals surface area contributed by atoms with Crippen LogP contribution in [-0.2, 0) is 80.9 Å². The first kappa shape index (κ1) is 131. The summed E-state index contributed by atoms with van der Waals surface area (Å²) in [5, 5.41) is 27.0. The van der Waals surface area contributed by atoms with Gasteiger partial charge in [0.1, 0.15) is 34.4 Å². The molecule has 4 aromatic carbocycles. The molecule has 2 unspecified atom stereocenters. The largest absolute Gasteiger partial charge is 0.462 e. The Morgan fingerprint density at radius 1 is 0.470 bits per heavy atom. The Morgan fingerprint density at radius 2 is 0.788 bits per heavy atom. The van der Waals surface area contributed by atoms with Gasteiger partial charge in [0.15, 0.2) is 12.6 Å². The molecule has 0 saturated carbocycles. The second kappa shape index (κ2) is 74.7. The molecule has 2 heterocycles. The van der Waals surface area contributed by atoms with E-state index < -0.39 is 65.4 Å². The third kappa shape index (κ3) is 64.2. The minimum atomic E-state index is -2.29. The van der Waals surface area contributed by atoms with Gasteiger partial charge in [-0.1, -0.05) is 79.5 Å². The predicted octanol–water partition coefficient (Wildman–Crippen LogP) is 20.9. The number of terminal acetylenes is 1. The van der Waals surface area contributed by atoms with Crippen LogP contribution < -0.4 is 43.0 Å². The monoisotopic (exact) mass is 2040 g/mol. The van der Waals surface area contributed by atoms with Crippen molar-refractivity contribution in [3.63, 3.8) is 0 Å². The van der Waals surface area contributed by atoms with E-state index >= 15 is 0 Å². The summed E-state index contributed by atoms with van der Waals surface area (Å²) in [7, 11) is 0. The first-order valence-corrected chi connectivity index (χ1v) is 51.5. The van der Waals surface area contributed by atoms with Crippen LogP contribution >= 0.6 is 28.3 Å². The first-order valence-electron chi connectivity index (χ1n) is 43.0. The molecule has 0 spiro atoms. The molecule has 7 amide bonds. The predicted molar refractivity (Wildman–Crippen MR) is 542 cm³/mol. The number of amides is 7. The molecule has 742 valence electrons. The number of halogens is 2. The number of ether oxygens (including phenoxy) is 10. The standard InChI is InChI=1S/C26H36N2O7.C16H20N2O4.C15H19N2O3.C15H18N2O3.C11H17BrO4.3C4H9.5CH4.ClH.Sn/c1-5-32-24(30)20(15-17-34-23-8-6-7-16-33-23)12-9-19-10-13-21(14-11-19)28-22(29)18-27-25(31)35-26(2,3)4;1-2-22-16(21)13(9-10-19)6-3-12-4-7-14(8-5-12)18-15(20)11-17;2*1-5-11-6-8-12(9-7-11)17-13(18)10-16-14(19)20-15(2,3)4;1-2-14-11(13)9(12)6-8-16-10-5-3-4-7-15-10;3*1-3-4-2;;;;;;;/h9-15,23H,5-8,16-18H2,1-4H3,(H,27,31)(H,28,29);3-9,19H,2,10-11,17H2,1H3,(H,18,20);1,5-9H,10H2,2-4H3,(H,16,19)(H,17,18);1,6-9H,10H2,2-4H3,(H,16,19)(H,17,18);6,10H,2-5,7-8H2,1H3;3*1,3-4H2,2H3;5*1H4;1H;/b12-9+,20-15+;6-3+,13-9+;;;9-6-;;;;;;;;;;. The van der Waals surface area contributed by atoms with Crippen LogP contribution in [0.1, 0.15) is 240 Å². The molecule has 132 heavy (non-hydrogen) atoms. The van der Waals surface area contributed by atoms with E-state index in [1.54, 1.807) is 192 Å². The zero-order valence-corrected chi connectivity index (χ0v) is 82.0. The molecular weight excluding hydrogens is 1880 g/mol. The molecule has 0 radical (unpaired) electrons. The molecule has 2 fully saturated rings. The van der Waals surface area contributed by atoms with Crippen molar-refractivity contribution in [3.8, 4) is 12.3 Å². The Morgan fingerprint density at radius 3 is 1.09 bits per heavy atom. The third-order valence-corrected chi connectivity index (χ3v) is 32.0. The Balaban J connectivity index is -0.000000517. The van der Waals surface area contributed by atoms with Crippen LogP contribution in [0.4, 0.5) is 37.1 Å². The van der Waals surface area contributed by atoms with Gasteiger partial charge in [0.2, 0.25) is 17.7 Å². The van der Waals surface area contributed by atoms with Crippen LogP contribution in [0.5, 0.6) is 0 Å². The van der Waals surface area contributed by atoms with Gasteiger partial charge >= 0.3 is 210 Å². The van der Waals surface area contributed by atoms with E-state index in [0.717, 1.165) is 67.5 Å².